The summed E-state index contributed by atoms with van der Waals surface area (Å²) in [5, 5.41) is 7.89. The summed E-state index contributed by atoms with van der Waals surface area (Å²) in [5.41, 5.74) is 4.19. The molecule has 3 rings (SSSR count). The molecule has 3 heterocycles. The number of aliphatic imine (C=N–C) groups is 1. The highest BCUT2D eigenvalue weighted by atomic mass is 16.5. The van der Waals surface area contributed by atoms with Crippen LogP contribution in [-0.4, -0.2) is 47.2 Å². The molecule has 2 aromatic heterocycles. The fourth-order valence-electron chi connectivity index (χ4n) is 2.54. The van der Waals surface area contributed by atoms with Crippen LogP contribution in [0.2, 0.25) is 0 Å². The number of hydrogen-bond donors (Lipinski definition) is 1. The maximum atomic E-state index is 5.10. The molecule has 0 saturated carbocycles. The molecule has 20 heavy (non-hydrogen) atoms. The van der Waals surface area contributed by atoms with Crippen LogP contribution in [0.4, 0.5) is 0 Å². The lowest BCUT2D eigenvalue weighted by Gasteiger charge is -2.09. The summed E-state index contributed by atoms with van der Waals surface area (Å²) < 4.78 is 7.00. The Labute approximate surface area is 117 Å². The van der Waals surface area contributed by atoms with Crippen LogP contribution < -0.4 is 5.32 Å². The van der Waals surface area contributed by atoms with Gasteiger partial charge < -0.3 is 10.1 Å². The number of hydrogen-bond acceptors (Lipinski definition) is 5. The number of aromatic nitrogens is 3. The number of methoxy groups -OCH3 is 1. The van der Waals surface area contributed by atoms with Crippen molar-refractivity contribution in [2.75, 3.05) is 26.8 Å². The standard InChI is InChI=1S/C14H19N5O/c1-9-8-10(2)19-14(12(9)13-15-5-6-16-13)17-11(18-19)4-7-20-3/h8H,4-7H2,1-3H3,(H,15,16). The van der Waals surface area contributed by atoms with Crippen LogP contribution in [0, 0.1) is 13.8 Å². The highest BCUT2D eigenvalue weighted by Crippen LogP contribution is 2.18. The number of ether oxygens (including phenoxy) is 1. The minimum absolute atomic E-state index is 0.628. The van der Waals surface area contributed by atoms with E-state index in [0.717, 1.165) is 48.1 Å². The molecule has 6 nitrogen and oxygen atoms in total. The van der Waals surface area contributed by atoms with Crippen molar-refractivity contribution in [3.05, 3.63) is 28.7 Å². The smallest absolute Gasteiger partial charge is 0.167 e. The molecule has 2 aromatic rings. The van der Waals surface area contributed by atoms with Crippen molar-refractivity contribution in [2.45, 2.75) is 20.3 Å². The van der Waals surface area contributed by atoms with Crippen molar-refractivity contribution in [1.82, 2.24) is 19.9 Å². The first-order chi connectivity index (χ1) is 9.70. The number of nitrogens with zero attached hydrogens (tertiary/aromatic N) is 4. The van der Waals surface area contributed by atoms with Gasteiger partial charge in [-0.1, -0.05) is 0 Å². The molecule has 1 aliphatic heterocycles. The molecule has 0 aromatic carbocycles. The third-order valence-corrected chi connectivity index (χ3v) is 3.47. The highest BCUT2D eigenvalue weighted by Gasteiger charge is 2.19. The first-order valence-corrected chi connectivity index (χ1v) is 6.84. The fraction of sp³-hybridized carbons (Fsp3) is 0.500. The lowest BCUT2D eigenvalue weighted by Crippen LogP contribution is -2.21. The summed E-state index contributed by atoms with van der Waals surface area (Å²) in [4.78, 5) is 9.19. The van der Waals surface area contributed by atoms with Gasteiger partial charge in [0.25, 0.3) is 0 Å². The molecular formula is C14H19N5O. The van der Waals surface area contributed by atoms with E-state index in [4.69, 9.17) is 4.74 Å². The van der Waals surface area contributed by atoms with Gasteiger partial charge in [0.2, 0.25) is 0 Å². The minimum atomic E-state index is 0.628. The van der Waals surface area contributed by atoms with Gasteiger partial charge >= 0.3 is 0 Å². The molecule has 1 N–H and O–H groups in total. The zero-order valence-electron chi connectivity index (χ0n) is 12.1. The van der Waals surface area contributed by atoms with E-state index in [2.05, 4.69) is 33.4 Å². The van der Waals surface area contributed by atoms with Gasteiger partial charge in [-0.05, 0) is 25.5 Å². The number of nitrogens with one attached hydrogen (secondary N) is 1. The van der Waals surface area contributed by atoms with E-state index in [-0.39, 0.29) is 0 Å². The van der Waals surface area contributed by atoms with Gasteiger partial charge in [-0.2, -0.15) is 5.10 Å². The maximum Gasteiger partial charge on any atom is 0.167 e. The zero-order chi connectivity index (χ0) is 14.1. The van der Waals surface area contributed by atoms with Gasteiger partial charge in [0.15, 0.2) is 11.5 Å². The summed E-state index contributed by atoms with van der Waals surface area (Å²) in [5.74, 6) is 1.73. The van der Waals surface area contributed by atoms with Gasteiger partial charge in [0.1, 0.15) is 5.84 Å². The summed E-state index contributed by atoms with van der Waals surface area (Å²) in [7, 11) is 1.69. The van der Waals surface area contributed by atoms with Crippen molar-refractivity contribution in [1.29, 1.82) is 0 Å². The maximum absolute atomic E-state index is 5.10. The molecular weight excluding hydrogens is 254 g/mol. The Kier molecular flexibility index (Phi) is 3.40. The summed E-state index contributed by atoms with van der Waals surface area (Å²) in [6, 6.07) is 2.12. The number of aryl methyl sites for hydroxylation is 2. The third kappa shape index (κ3) is 2.16. The van der Waals surface area contributed by atoms with Crippen LogP contribution in [0.25, 0.3) is 5.65 Å². The second kappa shape index (κ2) is 5.20. The van der Waals surface area contributed by atoms with Gasteiger partial charge in [-0.15, -0.1) is 0 Å². The van der Waals surface area contributed by atoms with Crippen LogP contribution in [0.5, 0.6) is 0 Å². The molecule has 6 heteroatoms. The number of pyridine rings is 1. The largest absolute Gasteiger partial charge is 0.384 e. The third-order valence-electron chi connectivity index (χ3n) is 3.47. The molecule has 0 radical (unpaired) electrons. The van der Waals surface area contributed by atoms with E-state index >= 15 is 0 Å². The Morgan fingerprint density at radius 1 is 1.40 bits per heavy atom. The van der Waals surface area contributed by atoms with Crippen molar-refractivity contribution in [2.24, 2.45) is 4.99 Å². The Hall–Kier alpha value is -1.95. The SMILES string of the molecule is COCCc1nc2c(C3=NCCN3)c(C)cc(C)n2n1. The zero-order valence-corrected chi connectivity index (χ0v) is 12.1. The van der Waals surface area contributed by atoms with Gasteiger partial charge in [0, 0.05) is 25.8 Å². The Morgan fingerprint density at radius 3 is 2.95 bits per heavy atom. The van der Waals surface area contributed by atoms with Crippen LogP contribution in [0.3, 0.4) is 0 Å². The predicted molar refractivity (Wildman–Crippen MR) is 77.4 cm³/mol. The molecule has 0 atom stereocenters. The van der Waals surface area contributed by atoms with Crippen LogP contribution in [0.15, 0.2) is 11.1 Å². The normalized spacial score (nSPS) is 14.7. The lowest BCUT2D eigenvalue weighted by molar-refractivity contribution is 0.200. The van der Waals surface area contributed by atoms with Gasteiger partial charge in [-0.25, -0.2) is 9.50 Å². The Balaban J connectivity index is 2.15. The summed E-state index contributed by atoms with van der Waals surface area (Å²) >= 11 is 0. The summed E-state index contributed by atoms with van der Waals surface area (Å²) in [6.07, 6.45) is 0.718. The quantitative estimate of drug-likeness (QED) is 0.898. The van der Waals surface area contributed by atoms with Crippen molar-refractivity contribution in [3.63, 3.8) is 0 Å². The highest BCUT2D eigenvalue weighted by molar-refractivity contribution is 6.05. The molecule has 0 amide bonds. The average Bonchev–Trinajstić information content (AvgIpc) is 3.06. The Morgan fingerprint density at radius 2 is 2.25 bits per heavy atom. The van der Waals surface area contributed by atoms with Crippen LogP contribution in [-0.2, 0) is 11.2 Å². The second-order valence-corrected chi connectivity index (χ2v) is 5.01. The van der Waals surface area contributed by atoms with Gasteiger partial charge in [-0.3, -0.25) is 4.99 Å². The van der Waals surface area contributed by atoms with Crippen molar-refractivity contribution < 1.29 is 4.74 Å². The minimum Gasteiger partial charge on any atom is -0.384 e. The topological polar surface area (TPSA) is 63.8 Å². The predicted octanol–water partition coefficient (Wildman–Crippen LogP) is 0.885. The average molecular weight is 273 g/mol. The van der Waals surface area contributed by atoms with E-state index in [9.17, 15) is 0 Å². The fourth-order valence-corrected chi connectivity index (χ4v) is 2.54. The molecule has 0 spiro atoms. The first kappa shape index (κ1) is 13.1. The molecule has 0 unspecified atom stereocenters. The molecule has 0 aliphatic carbocycles. The first-order valence-electron chi connectivity index (χ1n) is 6.84. The number of rotatable bonds is 4. The number of fused-ring (bicyclic) bond motifs is 1. The monoisotopic (exact) mass is 273 g/mol. The molecule has 1 aliphatic rings. The molecule has 0 saturated heterocycles. The molecule has 106 valence electrons. The second-order valence-electron chi connectivity index (χ2n) is 5.01. The van der Waals surface area contributed by atoms with E-state index in [1.54, 1.807) is 7.11 Å². The van der Waals surface area contributed by atoms with Gasteiger partial charge in [0.05, 0.1) is 18.7 Å². The molecule has 0 fully saturated rings. The van der Waals surface area contributed by atoms with Crippen molar-refractivity contribution >= 4 is 11.5 Å². The van der Waals surface area contributed by atoms with Crippen LogP contribution >= 0.6 is 0 Å². The van der Waals surface area contributed by atoms with E-state index in [1.165, 1.54) is 5.56 Å². The van der Waals surface area contributed by atoms with E-state index in [1.807, 2.05) is 11.4 Å². The lowest BCUT2D eigenvalue weighted by atomic mass is 10.1. The Bertz CT molecular complexity index is 674. The van der Waals surface area contributed by atoms with Crippen molar-refractivity contribution in [3.8, 4) is 0 Å². The van der Waals surface area contributed by atoms with E-state index in [0.29, 0.717) is 6.61 Å². The van der Waals surface area contributed by atoms with E-state index < -0.39 is 0 Å². The summed E-state index contributed by atoms with van der Waals surface area (Å²) in [6.45, 7) is 6.47. The van der Waals surface area contributed by atoms with Crippen LogP contribution in [0.1, 0.15) is 22.6 Å². The number of amidine groups is 1. The molecule has 0 bridgehead atoms.